The molecule has 0 aliphatic rings. The Bertz CT molecular complexity index is 718. The van der Waals surface area contributed by atoms with E-state index in [4.69, 9.17) is 23.2 Å². The van der Waals surface area contributed by atoms with Gasteiger partial charge in [0, 0.05) is 10.7 Å². The lowest BCUT2D eigenvalue weighted by Gasteiger charge is -2.10. The standard InChI is InChI=1S/C16H14Cl2N2O3/c1-23-16(22)10-2-7-13(18)14(8-10)19-9-15(21)20-12-5-3-11(17)4-6-12/h2-8,19H,9H2,1H3,(H,20,21). The summed E-state index contributed by atoms with van der Waals surface area (Å²) in [6.45, 7) is -0.00697. The number of anilines is 2. The van der Waals surface area contributed by atoms with E-state index in [-0.39, 0.29) is 12.5 Å². The molecule has 0 aromatic heterocycles. The molecule has 1 amide bonds. The van der Waals surface area contributed by atoms with Crippen molar-refractivity contribution < 1.29 is 14.3 Å². The molecule has 0 saturated heterocycles. The number of carbonyl (C=O) groups excluding carboxylic acids is 2. The van der Waals surface area contributed by atoms with E-state index in [1.807, 2.05) is 0 Å². The Kier molecular flexibility index (Phi) is 5.84. The number of benzene rings is 2. The van der Waals surface area contributed by atoms with Crippen molar-refractivity contribution in [2.45, 2.75) is 0 Å². The lowest BCUT2D eigenvalue weighted by atomic mass is 10.2. The summed E-state index contributed by atoms with van der Waals surface area (Å²) >= 11 is 11.8. The smallest absolute Gasteiger partial charge is 0.337 e. The number of esters is 1. The van der Waals surface area contributed by atoms with Crippen molar-refractivity contribution in [3.63, 3.8) is 0 Å². The topological polar surface area (TPSA) is 67.4 Å². The van der Waals surface area contributed by atoms with Gasteiger partial charge in [0.05, 0.1) is 29.9 Å². The fourth-order valence-corrected chi connectivity index (χ4v) is 2.13. The van der Waals surface area contributed by atoms with Gasteiger partial charge in [-0.1, -0.05) is 23.2 Å². The maximum atomic E-state index is 11.9. The number of rotatable bonds is 5. The molecule has 0 heterocycles. The summed E-state index contributed by atoms with van der Waals surface area (Å²) < 4.78 is 4.65. The van der Waals surface area contributed by atoms with Crippen LogP contribution in [0, 0.1) is 0 Å². The molecule has 0 unspecified atom stereocenters. The number of amides is 1. The normalized spacial score (nSPS) is 10.0. The number of hydrogen-bond donors (Lipinski definition) is 2. The number of hydrogen-bond acceptors (Lipinski definition) is 4. The van der Waals surface area contributed by atoms with Crippen LogP contribution >= 0.6 is 23.2 Å². The lowest BCUT2D eigenvalue weighted by Crippen LogP contribution is -2.22. The third-order valence-electron chi connectivity index (χ3n) is 2.95. The van der Waals surface area contributed by atoms with E-state index in [9.17, 15) is 9.59 Å². The third kappa shape index (κ3) is 4.87. The minimum Gasteiger partial charge on any atom is -0.465 e. The minimum atomic E-state index is -0.477. The molecule has 2 aromatic rings. The number of methoxy groups -OCH3 is 1. The molecule has 0 radical (unpaired) electrons. The molecule has 0 aliphatic carbocycles. The van der Waals surface area contributed by atoms with E-state index in [1.165, 1.54) is 13.2 Å². The highest BCUT2D eigenvalue weighted by Gasteiger charge is 2.10. The zero-order chi connectivity index (χ0) is 16.8. The zero-order valence-corrected chi connectivity index (χ0v) is 13.7. The Morgan fingerprint density at radius 1 is 1.09 bits per heavy atom. The summed E-state index contributed by atoms with van der Waals surface area (Å²) in [4.78, 5) is 23.4. The Balaban J connectivity index is 1.98. The Hall–Kier alpha value is -2.24. The first-order valence-corrected chi connectivity index (χ1v) is 7.42. The lowest BCUT2D eigenvalue weighted by molar-refractivity contribution is -0.114. The molecule has 120 valence electrons. The van der Waals surface area contributed by atoms with Crippen molar-refractivity contribution in [2.24, 2.45) is 0 Å². The van der Waals surface area contributed by atoms with Crippen molar-refractivity contribution in [1.82, 2.24) is 0 Å². The molecule has 0 bridgehead atoms. The van der Waals surface area contributed by atoms with Crippen molar-refractivity contribution >= 4 is 46.5 Å². The van der Waals surface area contributed by atoms with Crippen LogP contribution in [0.1, 0.15) is 10.4 Å². The number of ether oxygens (including phenoxy) is 1. The maximum absolute atomic E-state index is 11.9. The van der Waals surface area contributed by atoms with E-state index in [2.05, 4.69) is 15.4 Å². The van der Waals surface area contributed by atoms with Crippen molar-refractivity contribution in [3.8, 4) is 0 Å². The second-order valence-corrected chi connectivity index (χ2v) is 5.44. The van der Waals surface area contributed by atoms with Gasteiger partial charge < -0.3 is 15.4 Å². The van der Waals surface area contributed by atoms with Crippen LogP contribution < -0.4 is 10.6 Å². The molecule has 2 rings (SSSR count). The molecule has 0 aliphatic heterocycles. The monoisotopic (exact) mass is 352 g/mol. The predicted octanol–water partition coefficient (Wildman–Crippen LogP) is 3.83. The quantitative estimate of drug-likeness (QED) is 0.802. The minimum absolute atomic E-state index is 0.00697. The van der Waals surface area contributed by atoms with Crippen LogP contribution in [0.25, 0.3) is 0 Å². The van der Waals surface area contributed by atoms with E-state index < -0.39 is 5.97 Å². The fraction of sp³-hybridized carbons (Fsp3) is 0.125. The number of nitrogens with one attached hydrogen (secondary N) is 2. The molecule has 0 atom stereocenters. The van der Waals surface area contributed by atoms with Gasteiger partial charge in [-0.05, 0) is 42.5 Å². The van der Waals surface area contributed by atoms with Crippen molar-refractivity contribution in [1.29, 1.82) is 0 Å². The SMILES string of the molecule is COC(=O)c1ccc(Cl)c(NCC(=O)Nc2ccc(Cl)cc2)c1. The first-order valence-electron chi connectivity index (χ1n) is 6.67. The molecule has 0 fully saturated rings. The maximum Gasteiger partial charge on any atom is 0.337 e. The molecule has 5 nitrogen and oxygen atoms in total. The van der Waals surface area contributed by atoms with Crippen molar-refractivity contribution in [2.75, 3.05) is 24.3 Å². The second kappa shape index (κ2) is 7.85. The average molecular weight is 353 g/mol. The summed E-state index contributed by atoms with van der Waals surface area (Å²) in [7, 11) is 1.30. The van der Waals surface area contributed by atoms with Crippen LogP contribution in [0.4, 0.5) is 11.4 Å². The summed E-state index contributed by atoms with van der Waals surface area (Å²) in [5.74, 6) is -0.734. The highest BCUT2D eigenvalue weighted by atomic mass is 35.5. The first kappa shape index (κ1) is 17.1. The van der Waals surface area contributed by atoms with Gasteiger partial charge in [-0.3, -0.25) is 4.79 Å². The van der Waals surface area contributed by atoms with Gasteiger partial charge in [0.1, 0.15) is 0 Å². The van der Waals surface area contributed by atoms with E-state index in [1.54, 1.807) is 36.4 Å². The molecule has 7 heteroatoms. The van der Waals surface area contributed by atoms with Gasteiger partial charge in [0.25, 0.3) is 0 Å². The van der Waals surface area contributed by atoms with Crippen LogP contribution in [0.2, 0.25) is 10.0 Å². The molecule has 2 N–H and O–H groups in total. The predicted molar refractivity (Wildman–Crippen MR) is 91.4 cm³/mol. The van der Waals surface area contributed by atoms with Crippen molar-refractivity contribution in [3.05, 3.63) is 58.1 Å². The summed E-state index contributed by atoms with van der Waals surface area (Å²) in [5, 5.41) is 6.59. The van der Waals surface area contributed by atoms with Gasteiger partial charge in [0.2, 0.25) is 5.91 Å². The second-order valence-electron chi connectivity index (χ2n) is 4.59. The molecule has 0 spiro atoms. The molecular formula is C16H14Cl2N2O3. The zero-order valence-electron chi connectivity index (χ0n) is 12.2. The van der Waals surface area contributed by atoms with Gasteiger partial charge in [-0.25, -0.2) is 4.79 Å². The summed E-state index contributed by atoms with van der Waals surface area (Å²) in [6.07, 6.45) is 0. The van der Waals surface area contributed by atoms with Gasteiger partial charge in [-0.15, -0.1) is 0 Å². The van der Waals surface area contributed by atoms with E-state index >= 15 is 0 Å². The van der Waals surface area contributed by atoms with Crippen LogP contribution in [0.5, 0.6) is 0 Å². The fourth-order valence-electron chi connectivity index (χ4n) is 1.82. The Labute approximate surface area is 143 Å². The highest BCUT2D eigenvalue weighted by molar-refractivity contribution is 6.33. The largest absolute Gasteiger partial charge is 0.465 e. The van der Waals surface area contributed by atoms with Crippen LogP contribution in [-0.4, -0.2) is 25.5 Å². The third-order valence-corrected chi connectivity index (χ3v) is 3.54. The molecule has 2 aromatic carbocycles. The average Bonchev–Trinajstić information content (AvgIpc) is 2.55. The van der Waals surface area contributed by atoms with Crippen LogP contribution in [-0.2, 0) is 9.53 Å². The Morgan fingerprint density at radius 3 is 2.43 bits per heavy atom. The summed E-state index contributed by atoms with van der Waals surface area (Å²) in [5.41, 5.74) is 1.45. The van der Waals surface area contributed by atoms with Gasteiger partial charge >= 0.3 is 5.97 Å². The van der Waals surface area contributed by atoms with Gasteiger partial charge in [0.15, 0.2) is 0 Å². The molecule has 0 saturated carbocycles. The van der Waals surface area contributed by atoms with Crippen LogP contribution in [0.3, 0.4) is 0 Å². The van der Waals surface area contributed by atoms with Crippen LogP contribution in [0.15, 0.2) is 42.5 Å². The number of halogens is 2. The first-order chi connectivity index (χ1) is 11.0. The number of carbonyl (C=O) groups is 2. The van der Waals surface area contributed by atoms with Gasteiger partial charge in [-0.2, -0.15) is 0 Å². The van der Waals surface area contributed by atoms with E-state index in [0.29, 0.717) is 27.0 Å². The Morgan fingerprint density at radius 2 is 1.78 bits per heavy atom. The highest BCUT2D eigenvalue weighted by Crippen LogP contribution is 2.23. The summed E-state index contributed by atoms with van der Waals surface area (Å²) in [6, 6.07) is 11.4. The molecule has 23 heavy (non-hydrogen) atoms. The molecular weight excluding hydrogens is 339 g/mol. The van der Waals surface area contributed by atoms with E-state index in [0.717, 1.165) is 0 Å².